The summed E-state index contributed by atoms with van der Waals surface area (Å²) in [4.78, 5) is 5.45. The van der Waals surface area contributed by atoms with Crippen molar-refractivity contribution in [3.8, 4) is 5.75 Å². The van der Waals surface area contributed by atoms with Crippen molar-refractivity contribution < 1.29 is 4.74 Å². The van der Waals surface area contributed by atoms with Crippen molar-refractivity contribution in [3.05, 3.63) is 18.0 Å². The fourth-order valence-electron chi connectivity index (χ4n) is 1.09. The van der Waals surface area contributed by atoms with E-state index in [0.29, 0.717) is 6.10 Å². The van der Waals surface area contributed by atoms with Crippen molar-refractivity contribution in [3.63, 3.8) is 0 Å². The summed E-state index contributed by atoms with van der Waals surface area (Å²) in [6, 6.07) is 2.07. The zero-order valence-corrected chi connectivity index (χ0v) is 8.73. The Bertz CT molecular complexity index is 310. The van der Waals surface area contributed by atoms with Crippen LogP contribution in [0.2, 0.25) is 0 Å². The van der Waals surface area contributed by atoms with Crippen LogP contribution < -0.4 is 4.74 Å². The van der Waals surface area contributed by atoms with E-state index in [4.69, 9.17) is 4.74 Å². The molecule has 0 radical (unpaired) electrons. The van der Waals surface area contributed by atoms with Crippen LogP contribution in [0.3, 0.4) is 0 Å². The molecule has 0 saturated heterocycles. The predicted molar refractivity (Wildman–Crippen MR) is 54.4 cm³/mol. The molecule has 0 amide bonds. The molecule has 1 aromatic heterocycles. The average Bonchev–Trinajstić information content (AvgIpc) is 2.93. The highest BCUT2D eigenvalue weighted by molar-refractivity contribution is 7.98. The normalized spacial score (nSPS) is 15.8. The van der Waals surface area contributed by atoms with E-state index in [-0.39, 0.29) is 0 Å². The lowest BCUT2D eigenvalue weighted by Crippen LogP contribution is -1.99. The van der Waals surface area contributed by atoms with Crippen molar-refractivity contribution in [1.82, 2.24) is 4.98 Å². The Morgan fingerprint density at radius 1 is 1.54 bits per heavy atom. The quantitative estimate of drug-likeness (QED) is 0.692. The van der Waals surface area contributed by atoms with E-state index in [9.17, 15) is 0 Å². The number of hydrogen-bond acceptors (Lipinski definition) is 3. The number of aryl methyl sites for hydroxylation is 1. The van der Waals surface area contributed by atoms with Crippen molar-refractivity contribution in [2.75, 3.05) is 6.26 Å². The van der Waals surface area contributed by atoms with Crippen LogP contribution in [0, 0.1) is 6.92 Å². The molecule has 0 unspecified atom stereocenters. The van der Waals surface area contributed by atoms with E-state index in [1.165, 1.54) is 17.7 Å². The van der Waals surface area contributed by atoms with Crippen LogP contribution in [-0.4, -0.2) is 17.3 Å². The number of pyridine rings is 1. The molecule has 3 heteroatoms. The van der Waals surface area contributed by atoms with Gasteiger partial charge in [-0.3, -0.25) is 4.98 Å². The number of ether oxygens (including phenoxy) is 1. The van der Waals surface area contributed by atoms with Gasteiger partial charge in [0.05, 0.1) is 11.8 Å². The molecular weight excluding hydrogens is 182 g/mol. The van der Waals surface area contributed by atoms with Crippen LogP contribution in [-0.2, 0) is 0 Å². The second-order valence-electron chi connectivity index (χ2n) is 3.28. The molecule has 13 heavy (non-hydrogen) atoms. The van der Waals surface area contributed by atoms with Gasteiger partial charge in [-0.1, -0.05) is 0 Å². The minimum absolute atomic E-state index is 0.456. The fraction of sp³-hybridized carbons (Fsp3) is 0.500. The van der Waals surface area contributed by atoms with Gasteiger partial charge < -0.3 is 4.74 Å². The van der Waals surface area contributed by atoms with Gasteiger partial charge in [0.15, 0.2) is 0 Å². The van der Waals surface area contributed by atoms with Crippen molar-refractivity contribution in [2.24, 2.45) is 0 Å². The topological polar surface area (TPSA) is 22.1 Å². The van der Waals surface area contributed by atoms with E-state index >= 15 is 0 Å². The molecular formula is C10H13NOS. The second kappa shape index (κ2) is 3.58. The first-order valence-corrected chi connectivity index (χ1v) is 5.69. The highest BCUT2D eigenvalue weighted by Crippen LogP contribution is 2.30. The first-order chi connectivity index (χ1) is 6.29. The number of rotatable bonds is 3. The number of nitrogens with zero attached hydrogens (tertiary/aromatic N) is 1. The van der Waals surface area contributed by atoms with Gasteiger partial charge in [0.2, 0.25) is 0 Å². The molecule has 0 aliphatic heterocycles. The largest absolute Gasteiger partial charge is 0.488 e. The molecule has 1 heterocycles. The van der Waals surface area contributed by atoms with E-state index < -0.39 is 0 Å². The molecule has 0 atom stereocenters. The Kier molecular flexibility index (Phi) is 2.44. The molecule has 70 valence electrons. The van der Waals surface area contributed by atoms with Crippen LogP contribution in [0.1, 0.15) is 18.5 Å². The van der Waals surface area contributed by atoms with Crippen molar-refractivity contribution in [1.29, 1.82) is 0 Å². The zero-order chi connectivity index (χ0) is 9.26. The maximum Gasteiger partial charge on any atom is 0.142 e. The summed E-state index contributed by atoms with van der Waals surface area (Å²) in [5.74, 6) is 0.953. The monoisotopic (exact) mass is 195 g/mol. The smallest absolute Gasteiger partial charge is 0.142 e. The summed E-state index contributed by atoms with van der Waals surface area (Å²) >= 11 is 1.70. The minimum atomic E-state index is 0.456. The maximum atomic E-state index is 5.72. The van der Waals surface area contributed by atoms with Crippen LogP contribution in [0.15, 0.2) is 17.2 Å². The van der Waals surface area contributed by atoms with Gasteiger partial charge >= 0.3 is 0 Å². The van der Waals surface area contributed by atoms with E-state index in [1.54, 1.807) is 11.8 Å². The summed E-state index contributed by atoms with van der Waals surface area (Å²) in [6.07, 6.45) is 6.79. The Morgan fingerprint density at radius 2 is 2.31 bits per heavy atom. The SMILES string of the molecule is CSc1cnc(C)c(OC2CC2)c1. The Labute approximate surface area is 82.7 Å². The van der Waals surface area contributed by atoms with Gasteiger partial charge in [-0.25, -0.2) is 0 Å². The molecule has 1 aromatic rings. The summed E-state index contributed by atoms with van der Waals surface area (Å²) in [7, 11) is 0. The van der Waals surface area contributed by atoms with Crippen LogP contribution in [0.25, 0.3) is 0 Å². The first kappa shape index (κ1) is 8.88. The fourth-order valence-corrected chi connectivity index (χ4v) is 1.47. The molecule has 1 aliphatic rings. The number of hydrogen-bond donors (Lipinski definition) is 0. The third-order valence-electron chi connectivity index (χ3n) is 2.07. The lowest BCUT2D eigenvalue weighted by Gasteiger charge is -2.07. The molecule has 2 nitrogen and oxygen atoms in total. The first-order valence-electron chi connectivity index (χ1n) is 4.47. The molecule has 2 rings (SSSR count). The number of aromatic nitrogens is 1. The van der Waals surface area contributed by atoms with Crippen molar-refractivity contribution >= 4 is 11.8 Å². The Morgan fingerprint density at radius 3 is 2.92 bits per heavy atom. The highest BCUT2D eigenvalue weighted by Gasteiger charge is 2.24. The third-order valence-corrected chi connectivity index (χ3v) is 2.76. The lowest BCUT2D eigenvalue weighted by atomic mass is 10.3. The number of thioether (sulfide) groups is 1. The molecule has 0 aromatic carbocycles. The summed E-state index contributed by atoms with van der Waals surface area (Å²) in [6.45, 7) is 1.99. The molecule has 1 fully saturated rings. The standard InChI is InChI=1S/C10H13NOS/c1-7-10(12-8-3-4-8)5-9(13-2)6-11-7/h5-6,8H,3-4H2,1-2H3. The molecule has 0 N–H and O–H groups in total. The predicted octanol–water partition coefficient (Wildman–Crippen LogP) is 2.65. The molecule has 0 bridgehead atoms. The van der Waals surface area contributed by atoms with Gasteiger partial charge in [0.25, 0.3) is 0 Å². The van der Waals surface area contributed by atoms with Crippen LogP contribution in [0.4, 0.5) is 0 Å². The lowest BCUT2D eigenvalue weighted by molar-refractivity contribution is 0.298. The van der Waals surface area contributed by atoms with Gasteiger partial charge in [0.1, 0.15) is 5.75 Å². The van der Waals surface area contributed by atoms with E-state index in [1.807, 2.05) is 19.4 Å². The molecule has 1 aliphatic carbocycles. The summed E-state index contributed by atoms with van der Waals surface area (Å²) < 4.78 is 5.72. The van der Waals surface area contributed by atoms with Crippen LogP contribution >= 0.6 is 11.8 Å². The Balaban J connectivity index is 2.19. The van der Waals surface area contributed by atoms with Gasteiger partial charge in [0, 0.05) is 11.1 Å². The average molecular weight is 195 g/mol. The summed E-state index contributed by atoms with van der Waals surface area (Å²) in [5.41, 5.74) is 0.990. The van der Waals surface area contributed by atoms with Gasteiger partial charge in [-0.05, 0) is 32.1 Å². The van der Waals surface area contributed by atoms with E-state index in [2.05, 4.69) is 11.1 Å². The second-order valence-corrected chi connectivity index (χ2v) is 4.16. The molecule has 1 saturated carbocycles. The minimum Gasteiger partial charge on any atom is -0.488 e. The maximum absolute atomic E-state index is 5.72. The summed E-state index contributed by atoms with van der Waals surface area (Å²) in [5, 5.41) is 0. The molecule has 0 spiro atoms. The zero-order valence-electron chi connectivity index (χ0n) is 7.91. The van der Waals surface area contributed by atoms with E-state index in [0.717, 1.165) is 11.4 Å². The third kappa shape index (κ3) is 2.15. The van der Waals surface area contributed by atoms with Crippen LogP contribution in [0.5, 0.6) is 5.75 Å². The van der Waals surface area contributed by atoms with Gasteiger partial charge in [-0.15, -0.1) is 11.8 Å². The van der Waals surface area contributed by atoms with Gasteiger partial charge in [-0.2, -0.15) is 0 Å². The Hall–Kier alpha value is -0.700. The van der Waals surface area contributed by atoms with Crippen molar-refractivity contribution in [2.45, 2.75) is 30.8 Å². The highest BCUT2D eigenvalue weighted by atomic mass is 32.2.